The van der Waals surface area contributed by atoms with Gasteiger partial charge in [-0.25, -0.2) is 0 Å². The van der Waals surface area contributed by atoms with Crippen molar-refractivity contribution in [3.63, 3.8) is 0 Å². The summed E-state index contributed by atoms with van der Waals surface area (Å²) in [5, 5.41) is 0. The van der Waals surface area contributed by atoms with Crippen molar-refractivity contribution in [1.29, 1.82) is 0 Å². The zero-order valence-corrected chi connectivity index (χ0v) is 15.6. The van der Waals surface area contributed by atoms with Gasteiger partial charge in [0, 0.05) is 32.7 Å². The minimum Gasteiger partial charge on any atom is -0.379 e. The van der Waals surface area contributed by atoms with E-state index in [1.807, 2.05) is 0 Å². The Morgan fingerprint density at radius 2 is 1.44 bits per heavy atom. The number of morpholine rings is 1. The molecule has 140 valence electrons. The van der Waals surface area contributed by atoms with Crippen LogP contribution >= 0.6 is 0 Å². The molecular formula is C21H34N2O2. The summed E-state index contributed by atoms with van der Waals surface area (Å²) in [5.41, 5.74) is 0.0613. The Bertz CT molecular complexity index is 471. The van der Waals surface area contributed by atoms with Gasteiger partial charge in [-0.2, -0.15) is 0 Å². The van der Waals surface area contributed by atoms with Crippen molar-refractivity contribution >= 4 is 5.91 Å². The van der Waals surface area contributed by atoms with Gasteiger partial charge in [-0.15, -0.1) is 0 Å². The standard InChI is InChI=1S/C21H34N2O2/c24-20(21-12-17-9-18(13-21)11-19(10-17)14-21)23-3-1-16(2-4-23)15-22-5-7-25-8-6-22/h16-19H,1-15H2. The molecule has 0 aromatic carbocycles. The lowest BCUT2D eigenvalue weighted by Crippen LogP contribution is -2.56. The first-order chi connectivity index (χ1) is 12.2. The van der Waals surface area contributed by atoms with Crippen molar-refractivity contribution in [1.82, 2.24) is 9.80 Å². The van der Waals surface area contributed by atoms with Crippen LogP contribution in [0, 0.1) is 29.1 Å². The molecule has 2 heterocycles. The molecule has 4 bridgehead atoms. The van der Waals surface area contributed by atoms with Gasteiger partial charge in [-0.3, -0.25) is 9.69 Å². The minimum absolute atomic E-state index is 0.0613. The van der Waals surface area contributed by atoms with Crippen LogP contribution in [0.25, 0.3) is 0 Å². The van der Waals surface area contributed by atoms with Gasteiger partial charge in [0.2, 0.25) is 5.91 Å². The first-order valence-corrected chi connectivity index (χ1v) is 10.8. The van der Waals surface area contributed by atoms with Crippen LogP contribution in [0.1, 0.15) is 51.4 Å². The molecule has 6 fully saturated rings. The van der Waals surface area contributed by atoms with E-state index in [0.29, 0.717) is 5.91 Å². The SMILES string of the molecule is O=C(N1CCC(CN2CCOCC2)CC1)C12CC3CC(CC(C3)C1)C2. The second-order valence-electron chi connectivity index (χ2n) is 9.85. The van der Waals surface area contributed by atoms with E-state index < -0.39 is 0 Å². The molecular weight excluding hydrogens is 312 g/mol. The van der Waals surface area contributed by atoms with Gasteiger partial charge in [0.05, 0.1) is 18.6 Å². The molecule has 0 aromatic rings. The Labute approximate surface area is 152 Å². The molecule has 0 spiro atoms. The Morgan fingerprint density at radius 1 is 0.880 bits per heavy atom. The van der Waals surface area contributed by atoms with Crippen molar-refractivity contribution in [2.24, 2.45) is 29.1 Å². The predicted octanol–water partition coefficient (Wildman–Crippen LogP) is 2.77. The van der Waals surface area contributed by atoms with Gasteiger partial charge >= 0.3 is 0 Å². The summed E-state index contributed by atoms with van der Waals surface area (Å²) in [4.78, 5) is 18.3. The van der Waals surface area contributed by atoms with Crippen LogP contribution in [0.15, 0.2) is 0 Å². The Hall–Kier alpha value is -0.610. The third-order valence-electron chi connectivity index (χ3n) is 8.01. The Kier molecular flexibility index (Phi) is 4.32. The fourth-order valence-corrected chi connectivity index (χ4v) is 7.18. The van der Waals surface area contributed by atoms with Gasteiger partial charge in [0.1, 0.15) is 0 Å². The molecule has 0 radical (unpaired) electrons. The fraction of sp³-hybridized carbons (Fsp3) is 0.952. The summed E-state index contributed by atoms with van der Waals surface area (Å²) < 4.78 is 5.46. The highest BCUT2D eigenvalue weighted by Gasteiger charge is 2.55. The largest absolute Gasteiger partial charge is 0.379 e. The summed E-state index contributed by atoms with van der Waals surface area (Å²) in [6, 6.07) is 0. The molecule has 6 rings (SSSR count). The maximum atomic E-state index is 13.4. The highest BCUT2D eigenvalue weighted by molar-refractivity contribution is 5.83. The molecule has 0 aromatic heterocycles. The third-order valence-corrected chi connectivity index (χ3v) is 8.01. The lowest BCUT2D eigenvalue weighted by Gasteiger charge is -2.57. The predicted molar refractivity (Wildman–Crippen MR) is 97.2 cm³/mol. The van der Waals surface area contributed by atoms with Gasteiger partial charge < -0.3 is 9.64 Å². The van der Waals surface area contributed by atoms with E-state index in [-0.39, 0.29) is 5.41 Å². The molecule has 0 atom stereocenters. The van der Waals surface area contributed by atoms with E-state index in [4.69, 9.17) is 4.74 Å². The maximum Gasteiger partial charge on any atom is 0.228 e. The smallest absolute Gasteiger partial charge is 0.228 e. The van der Waals surface area contributed by atoms with Crippen molar-refractivity contribution < 1.29 is 9.53 Å². The number of ether oxygens (including phenoxy) is 1. The summed E-state index contributed by atoms with van der Waals surface area (Å²) in [5.74, 6) is 3.94. The van der Waals surface area contributed by atoms with Gasteiger partial charge in [0.15, 0.2) is 0 Å². The second-order valence-corrected chi connectivity index (χ2v) is 9.85. The van der Waals surface area contributed by atoms with Crippen LogP contribution in [0.5, 0.6) is 0 Å². The lowest BCUT2D eigenvalue weighted by molar-refractivity contribution is -0.159. The maximum absolute atomic E-state index is 13.4. The van der Waals surface area contributed by atoms with Crippen LogP contribution in [0.3, 0.4) is 0 Å². The van der Waals surface area contributed by atoms with E-state index in [9.17, 15) is 4.79 Å². The van der Waals surface area contributed by atoms with E-state index in [1.165, 1.54) is 57.9 Å². The quantitative estimate of drug-likeness (QED) is 0.788. The number of carbonyl (C=O) groups is 1. The number of hydrogen-bond donors (Lipinski definition) is 0. The number of likely N-dealkylation sites (tertiary alicyclic amines) is 1. The first kappa shape index (κ1) is 16.6. The molecule has 25 heavy (non-hydrogen) atoms. The summed E-state index contributed by atoms with van der Waals surface area (Å²) in [7, 11) is 0. The van der Waals surface area contributed by atoms with E-state index in [2.05, 4.69) is 9.80 Å². The number of rotatable bonds is 3. The van der Waals surface area contributed by atoms with Crippen molar-refractivity contribution in [3.8, 4) is 0 Å². The van der Waals surface area contributed by atoms with Gasteiger partial charge in [0.25, 0.3) is 0 Å². The molecule has 2 saturated heterocycles. The average molecular weight is 347 g/mol. The molecule has 4 saturated carbocycles. The van der Waals surface area contributed by atoms with Gasteiger partial charge in [-0.05, 0) is 75.0 Å². The topological polar surface area (TPSA) is 32.8 Å². The van der Waals surface area contributed by atoms with Crippen molar-refractivity contribution in [2.75, 3.05) is 45.9 Å². The highest BCUT2D eigenvalue weighted by atomic mass is 16.5. The fourth-order valence-electron chi connectivity index (χ4n) is 7.18. The lowest BCUT2D eigenvalue weighted by atomic mass is 9.49. The minimum atomic E-state index is 0.0613. The van der Waals surface area contributed by atoms with Crippen LogP contribution in [0.4, 0.5) is 0 Å². The molecule has 4 aliphatic carbocycles. The number of hydrogen-bond acceptors (Lipinski definition) is 3. The van der Waals surface area contributed by atoms with Crippen molar-refractivity contribution in [2.45, 2.75) is 51.4 Å². The molecule has 4 heteroatoms. The molecule has 1 amide bonds. The zero-order chi connectivity index (χ0) is 16.9. The van der Waals surface area contributed by atoms with E-state index >= 15 is 0 Å². The van der Waals surface area contributed by atoms with Crippen LogP contribution in [-0.2, 0) is 9.53 Å². The highest BCUT2D eigenvalue weighted by Crippen LogP contribution is 2.60. The number of nitrogens with zero attached hydrogens (tertiary/aromatic N) is 2. The Morgan fingerprint density at radius 3 is 2.00 bits per heavy atom. The first-order valence-electron chi connectivity index (χ1n) is 10.8. The normalized spacial score (nSPS) is 42.1. The molecule has 4 nitrogen and oxygen atoms in total. The monoisotopic (exact) mass is 346 g/mol. The number of amides is 1. The number of piperidine rings is 1. The van der Waals surface area contributed by atoms with E-state index in [0.717, 1.165) is 63.1 Å². The Balaban J connectivity index is 1.17. The zero-order valence-electron chi connectivity index (χ0n) is 15.6. The van der Waals surface area contributed by atoms with Gasteiger partial charge in [-0.1, -0.05) is 0 Å². The van der Waals surface area contributed by atoms with Crippen LogP contribution in [-0.4, -0.2) is 61.6 Å². The summed E-state index contributed by atoms with van der Waals surface area (Å²) >= 11 is 0. The third kappa shape index (κ3) is 3.14. The number of carbonyl (C=O) groups excluding carboxylic acids is 1. The molecule has 0 unspecified atom stereocenters. The second kappa shape index (κ2) is 6.53. The summed E-state index contributed by atoms with van der Waals surface area (Å²) in [6.45, 7) is 7.19. The average Bonchev–Trinajstić information content (AvgIpc) is 2.61. The van der Waals surface area contributed by atoms with Crippen LogP contribution in [0.2, 0.25) is 0 Å². The summed E-state index contributed by atoms with van der Waals surface area (Å²) in [6.07, 6.45) is 10.3. The van der Waals surface area contributed by atoms with E-state index in [1.54, 1.807) is 0 Å². The molecule has 6 aliphatic rings. The van der Waals surface area contributed by atoms with Crippen LogP contribution < -0.4 is 0 Å². The van der Waals surface area contributed by atoms with Crippen molar-refractivity contribution in [3.05, 3.63) is 0 Å². The molecule has 0 N–H and O–H groups in total. The molecule has 2 aliphatic heterocycles.